The molecule has 0 spiro atoms. The number of hydrogen-bond donors (Lipinski definition) is 0. The lowest BCUT2D eigenvalue weighted by molar-refractivity contribution is 1.17. The summed E-state index contributed by atoms with van der Waals surface area (Å²) in [5.41, 5.74) is 12.6. The van der Waals surface area contributed by atoms with Crippen LogP contribution in [0.5, 0.6) is 0 Å². The minimum Gasteiger partial charge on any atom is -0.311 e. The van der Waals surface area contributed by atoms with E-state index in [1.165, 1.54) is 10.8 Å². The molecule has 0 saturated carbocycles. The fraction of sp³-hybridized carbons (Fsp3) is 0. The van der Waals surface area contributed by atoms with Crippen LogP contribution < -0.4 is 0 Å². The first kappa shape index (κ1) is 30.7. The Balaban J connectivity index is 1.15. The third-order valence-corrected chi connectivity index (χ3v) is 11.1. The minimum atomic E-state index is 0.591. The molecule has 3 heterocycles. The highest BCUT2D eigenvalue weighted by Gasteiger charge is 2.22. The van der Waals surface area contributed by atoms with Gasteiger partial charge in [-0.2, -0.15) is 0 Å². The van der Waals surface area contributed by atoms with Gasteiger partial charge in [-0.3, -0.25) is 0 Å². The summed E-state index contributed by atoms with van der Waals surface area (Å²) < 4.78 is 6.96. The summed E-state index contributed by atoms with van der Waals surface area (Å²) in [4.78, 5) is 7.93. The van der Waals surface area contributed by atoms with Crippen molar-refractivity contribution in [3.8, 4) is 28.2 Å². The molecule has 5 heteroatoms. The molecule has 3 aromatic heterocycles. The van der Waals surface area contributed by atoms with Gasteiger partial charge in [0, 0.05) is 49.4 Å². The van der Waals surface area contributed by atoms with Crippen LogP contribution in [-0.4, -0.2) is 13.7 Å². The molecule has 5 nitrogen and oxygen atoms in total. The Morgan fingerprint density at radius 3 is 1.40 bits per heavy atom. The normalized spacial score (nSPS) is 11.6. The van der Waals surface area contributed by atoms with Crippen LogP contribution in [0.4, 0.5) is 11.4 Å². The van der Waals surface area contributed by atoms with Crippen molar-refractivity contribution < 1.29 is 0 Å². The minimum absolute atomic E-state index is 0.591. The smallest absolute Gasteiger partial charge is 0.197 e. The SMILES string of the molecule is [C-]#[N+]c1cccc(-n2c3ccccc3c3c(-n4c5ccccc5c5ccccc54)cccc32)c1-c1ccc(-n2c3ccccc3c3c([N+]#[C-])cccc32)cc1. The maximum absolute atomic E-state index is 8.32. The molecule has 0 fully saturated rings. The van der Waals surface area contributed by atoms with Crippen LogP contribution in [0.15, 0.2) is 176 Å². The molecular formula is C50H29N5. The second-order valence-corrected chi connectivity index (χ2v) is 13.9. The van der Waals surface area contributed by atoms with Gasteiger partial charge in [0.15, 0.2) is 11.4 Å². The summed E-state index contributed by atoms with van der Waals surface area (Å²) in [6.45, 7) is 16.2. The van der Waals surface area contributed by atoms with Crippen molar-refractivity contribution in [2.75, 3.05) is 0 Å². The van der Waals surface area contributed by atoms with E-state index in [9.17, 15) is 0 Å². The summed E-state index contributed by atoms with van der Waals surface area (Å²) in [6, 6.07) is 61.2. The third-order valence-electron chi connectivity index (χ3n) is 11.1. The van der Waals surface area contributed by atoms with Crippen molar-refractivity contribution in [1.29, 1.82) is 0 Å². The molecule has 0 saturated heterocycles. The first-order chi connectivity index (χ1) is 27.2. The summed E-state index contributed by atoms with van der Waals surface area (Å²) in [5, 5.41) is 6.77. The summed E-state index contributed by atoms with van der Waals surface area (Å²) in [6.07, 6.45) is 0. The monoisotopic (exact) mass is 699 g/mol. The van der Waals surface area contributed by atoms with Crippen LogP contribution in [-0.2, 0) is 0 Å². The molecule has 0 amide bonds. The first-order valence-corrected chi connectivity index (χ1v) is 18.3. The van der Waals surface area contributed by atoms with Crippen LogP contribution in [0.2, 0.25) is 0 Å². The molecule has 0 aliphatic rings. The number of para-hydroxylation sites is 4. The molecule has 254 valence electrons. The molecule has 0 aliphatic carbocycles. The molecule has 8 aromatic carbocycles. The first-order valence-electron chi connectivity index (χ1n) is 18.3. The molecule has 0 unspecified atom stereocenters. The molecular weight excluding hydrogens is 671 g/mol. The molecule has 11 aromatic rings. The average molecular weight is 700 g/mol. The van der Waals surface area contributed by atoms with Crippen LogP contribution in [0.25, 0.3) is 103 Å². The van der Waals surface area contributed by atoms with E-state index in [-0.39, 0.29) is 0 Å². The summed E-state index contributed by atoms with van der Waals surface area (Å²) >= 11 is 0. The van der Waals surface area contributed by atoms with Gasteiger partial charge in [-0.1, -0.05) is 115 Å². The van der Waals surface area contributed by atoms with E-state index in [0.29, 0.717) is 11.4 Å². The van der Waals surface area contributed by atoms with Gasteiger partial charge in [0.2, 0.25) is 0 Å². The number of fused-ring (bicyclic) bond motifs is 9. The highest BCUT2D eigenvalue weighted by molar-refractivity contribution is 6.17. The van der Waals surface area contributed by atoms with Gasteiger partial charge in [0.05, 0.1) is 46.4 Å². The van der Waals surface area contributed by atoms with Crippen molar-refractivity contribution in [3.05, 3.63) is 199 Å². The highest BCUT2D eigenvalue weighted by atomic mass is 15.0. The zero-order valence-corrected chi connectivity index (χ0v) is 29.5. The third kappa shape index (κ3) is 4.33. The van der Waals surface area contributed by atoms with Crippen molar-refractivity contribution in [3.63, 3.8) is 0 Å². The van der Waals surface area contributed by atoms with E-state index in [2.05, 4.69) is 163 Å². The van der Waals surface area contributed by atoms with Crippen LogP contribution in [0.3, 0.4) is 0 Å². The van der Waals surface area contributed by atoms with Crippen molar-refractivity contribution >= 4 is 76.8 Å². The van der Waals surface area contributed by atoms with E-state index in [1.54, 1.807) is 0 Å². The zero-order valence-electron chi connectivity index (χ0n) is 29.5. The molecule has 11 rings (SSSR count). The zero-order chi connectivity index (χ0) is 36.6. The largest absolute Gasteiger partial charge is 0.311 e. The van der Waals surface area contributed by atoms with E-state index < -0.39 is 0 Å². The Hall–Kier alpha value is -7.86. The van der Waals surface area contributed by atoms with Crippen LogP contribution in [0, 0.1) is 13.1 Å². The van der Waals surface area contributed by atoms with Crippen LogP contribution in [0.1, 0.15) is 0 Å². The number of aromatic nitrogens is 3. The molecule has 55 heavy (non-hydrogen) atoms. The quantitative estimate of drug-likeness (QED) is 0.163. The van der Waals surface area contributed by atoms with Crippen molar-refractivity contribution in [1.82, 2.24) is 13.7 Å². The number of nitrogens with zero attached hydrogens (tertiary/aromatic N) is 5. The van der Waals surface area contributed by atoms with Crippen LogP contribution >= 0.6 is 0 Å². The topological polar surface area (TPSA) is 23.5 Å². The standard InChI is InChI=1S/C50H29N5/c1-51-38-18-11-24-44(48(38)32-28-30-33(31-29-32)53-42-22-9-5-16-36(42)49-39(52-2)19-12-25-45(49)53)55-43-23-10-6-17-37(43)50-46(26-13-27-47(50)55)54-40-20-7-3-14-34(40)35-15-4-8-21-41(35)54/h3-31H. The van der Waals surface area contributed by atoms with E-state index >= 15 is 0 Å². The maximum atomic E-state index is 8.32. The van der Waals surface area contributed by atoms with Gasteiger partial charge < -0.3 is 13.7 Å². The molecule has 0 N–H and O–H groups in total. The van der Waals surface area contributed by atoms with Gasteiger partial charge in [0.25, 0.3) is 0 Å². The predicted octanol–water partition coefficient (Wildman–Crippen LogP) is 13.7. The second-order valence-electron chi connectivity index (χ2n) is 13.9. The Kier molecular flexibility index (Phi) is 6.61. The van der Waals surface area contributed by atoms with E-state index in [0.717, 1.165) is 82.8 Å². The predicted molar refractivity (Wildman–Crippen MR) is 227 cm³/mol. The molecule has 0 bridgehead atoms. The van der Waals surface area contributed by atoms with Gasteiger partial charge in [-0.15, -0.1) is 0 Å². The van der Waals surface area contributed by atoms with E-state index in [1.807, 2.05) is 36.4 Å². The summed E-state index contributed by atoms with van der Waals surface area (Å²) in [7, 11) is 0. The second kappa shape index (κ2) is 11.8. The number of benzene rings is 8. The van der Waals surface area contributed by atoms with E-state index in [4.69, 9.17) is 13.1 Å². The molecule has 0 radical (unpaired) electrons. The lowest BCUT2D eigenvalue weighted by Gasteiger charge is -2.17. The molecule has 0 atom stereocenters. The van der Waals surface area contributed by atoms with Crippen molar-refractivity contribution in [2.24, 2.45) is 0 Å². The Labute approximate surface area is 316 Å². The van der Waals surface area contributed by atoms with Gasteiger partial charge in [-0.25, -0.2) is 9.69 Å². The number of hydrogen-bond acceptors (Lipinski definition) is 0. The van der Waals surface area contributed by atoms with Gasteiger partial charge in [-0.05, 0) is 71.6 Å². The van der Waals surface area contributed by atoms with Gasteiger partial charge in [0.1, 0.15) is 0 Å². The lowest BCUT2D eigenvalue weighted by atomic mass is 10.0. The fourth-order valence-electron chi connectivity index (χ4n) is 8.88. The number of rotatable bonds is 4. The average Bonchev–Trinajstić information content (AvgIpc) is 3.89. The van der Waals surface area contributed by atoms with Crippen molar-refractivity contribution in [2.45, 2.75) is 0 Å². The molecule has 0 aliphatic heterocycles. The summed E-state index contributed by atoms with van der Waals surface area (Å²) in [5.74, 6) is 0. The maximum Gasteiger partial charge on any atom is 0.197 e. The Bertz CT molecular complexity index is 3400. The Morgan fingerprint density at radius 2 is 0.764 bits per heavy atom. The van der Waals surface area contributed by atoms with Gasteiger partial charge >= 0.3 is 0 Å². The Morgan fingerprint density at radius 1 is 0.327 bits per heavy atom. The highest BCUT2D eigenvalue weighted by Crippen LogP contribution is 2.44. The lowest BCUT2D eigenvalue weighted by Crippen LogP contribution is -1.99. The fourth-order valence-corrected chi connectivity index (χ4v) is 8.88.